The number of hydrogen-bond donors (Lipinski definition) is 1. The zero-order valence-corrected chi connectivity index (χ0v) is 17.1. The smallest absolute Gasteiger partial charge is 0.338 e. The number of hydrogen-bond acceptors (Lipinski definition) is 7. The second-order valence-electron chi connectivity index (χ2n) is 7.20. The molecule has 0 bridgehead atoms. The minimum absolute atomic E-state index is 0.252. The highest BCUT2D eigenvalue weighted by Gasteiger charge is 2.31. The van der Waals surface area contributed by atoms with E-state index in [0.717, 1.165) is 24.1 Å². The van der Waals surface area contributed by atoms with Crippen LogP contribution >= 0.6 is 0 Å². The lowest BCUT2D eigenvalue weighted by atomic mass is 10.0. The van der Waals surface area contributed by atoms with Gasteiger partial charge in [0.2, 0.25) is 5.91 Å². The number of benzene rings is 1. The van der Waals surface area contributed by atoms with Gasteiger partial charge in [-0.2, -0.15) is 0 Å². The lowest BCUT2D eigenvalue weighted by molar-refractivity contribution is -0.143. The van der Waals surface area contributed by atoms with Crippen molar-refractivity contribution in [1.29, 1.82) is 0 Å². The molecule has 1 aliphatic rings. The van der Waals surface area contributed by atoms with Gasteiger partial charge in [0, 0.05) is 6.54 Å². The lowest BCUT2D eigenvalue weighted by Gasteiger charge is -2.33. The molecule has 9 heteroatoms. The highest BCUT2D eigenvalue weighted by molar-refractivity contribution is 5.92. The molecule has 1 fully saturated rings. The number of ether oxygens (including phenoxy) is 2. The first-order valence-electron chi connectivity index (χ1n) is 9.77. The van der Waals surface area contributed by atoms with Gasteiger partial charge in [-0.15, -0.1) is 0 Å². The highest BCUT2D eigenvalue weighted by Crippen LogP contribution is 2.20. The SMILES string of the molecule is Cc1noc(C)c1COc1cccc(C(=O)OCC(=O)N2CCCC[C@H]2C(N)=O)c1. The van der Waals surface area contributed by atoms with Gasteiger partial charge >= 0.3 is 5.97 Å². The number of rotatable bonds is 7. The second-order valence-corrected chi connectivity index (χ2v) is 7.20. The molecule has 1 aromatic carbocycles. The molecular weight excluding hydrogens is 390 g/mol. The quantitative estimate of drug-likeness (QED) is 0.685. The second kappa shape index (κ2) is 9.43. The van der Waals surface area contributed by atoms with E-state index in [2.05, 4.69) is 5.16 Å². The number of aromatic nitrogens is 1. The summed E-state index contributed by atoms with van der Waals surface area (Å²) in [5.74, 6) is -0.483. The van der Waals surface area contributed by atoms with Gasteiger partial charge in [-0.05, 0) is 51.3 Å². The third-order valence-corrected chi connectivity index (χ3v) is 5.11. The van der Waals surface area contributed by atoms with Gasteiger partial charge in [0.1, 0.15) is 24.2 Å². The first-order valence-corrected chi connectivity index (χ1v) is 9.77. The third-order valence-electron chi connectivity index (χ3n) is 5.11. The maximum absolute atomic E-state index is 12.4. The molecule has 0 spiro atoms. The van der Waals surface area contributed by atoms with E-state index in [0.29, 0.717) is 24.5 Å². The number of esters is 1. The van der Waals surface area contributed by atoms with Crippen LogP contribution in [0.25, 0.3) is 0 Å². The summed E-state index contributed by atoms with van der Waals surface area (Å²) >= 11 is 0. The van der Waals surface area contributed by atoms with Gasteiger partial charge in [-0.1, -0.05) is 11.2 Å². The minimum Gasteiger partial charge on any atom is -0.489 e. The van der Waals surface area contributed by atoms with Crippen molar-refractivity contribution in [3.63, 3.8) is 0 Å². The predicted octanol–water partition coefficient (Wildman–Crippen LogP) is 1.89. The first kappa shape index (κ1) is 21.4. The average Bonchev–Trinajstić information content (AvgIpc) is 3.07. The standard InChI is InChI=1S/C21H25N3O6/c1-13-17(14(2)30-23-13)11-28-16-7-5-6-15(10-16)21(27)29-12-19(25)24-9-4-3-8-18(24)20(22)26/h5-7,10,18H,3-4,8-9,11-12H2,1-2H3,(H2,22,26)/t18-/m0/s1. The van der Waals surface area contributed by atoms with Crippen LogP contribution in [0.1, 0.15) is 46.6 Å². The van der Waals surface area contributed by atoms with E-state index in [1.165, 1.54) is 11.0 Å². The molecular formula is C21H25N3O6. The third kappa shape index (κ3) is 4.97. The Kier molecular flexibility index (Phi) is 6.71. The predicted molar refractivity (Wildman–Crippen MR) is 106 cm³/mol. The molecule has 30 heavy (non-hydrogen) atoms. The van der Waals surface area contributed by atoms with E-state index in [1.54, 1.807) is 25.1 Å². The van der Waals surface area contributed by atoms with Crippen molar-refractivity contribution in [3.05, 3.63) is 46.8 Å². The number of amides is 2. The van der Waals surface area contributed by atoms with Crippen molar-refractivity contribution < 1.29 is 28.4 Å². The van der Waals surface area contributed by atoms with Gasteiger partial charge in [0.25, 0.3) is 5.91 Å². The number of nitrogens with two attached hydrogens (primary N) is 1. The molecule has 0 unspecified atom stereocenters. The summed E-state index contributed by atoms with van der Waals surface area (Å²) in [7, 11) is 0. The summed E-state index contributed by atoms with van der Waals surface area (Å²) in [6, 6.07) is 5.84. The topological polar surface area (TPSA) is 125 Å². The maximum Gasteiger partial charge on any atom is 0.338 e. The van der Waals surface area contributed by atoms with Crippen molar-refractivity contribution in [2.24, 2.45) is 5.73 Å². The Balaban J connectivity index is 1.57. The number of likely N-dealkylation sites (tertiary alicyclic amines) is 1. The number of piperidine rings is 1. The van der Waals surface area contributed by atoms with Crippen LogP contribution in [0.15, 0.2) is 28.8 Å². The molecule has 1 atom stereocenters. The Morgan fingerprint density at radius 3 is 2.77 bits per heavy atom. The van der Waals surface area contributed by atoms with Crippen molar-refractivity contribution >= 4 is 17.8 Å². The van der Waals surface area contributed by atoms with Crippen LogP contribution < -0.4 is 10.5 Å². The molecule has 0 saturated carbocycles. The van der Waals surface area contributed by atoms with Crippen LogP contribution in [0.4, 0.5) is 0 Å². The van der Waals surface area contributed by atoms with E-state index >= 15 is 0 Å². The Hall–Kier alpha value is -3.36. The van der Waals surface area contributed by atoms with Crippen molar-refractivity contribution in [2.45, 2.75) is 45.8 Å². The van der Waals surface area contributed by atoms with Crippen molar-refractivity contribution in [1.82, 2.24) is 10.1 Å². The zero-order chi connectivity index (χ0) is 21.7. The van der Waals surface area contributed by atoms with Crippen LogP contribution in [-0.2, 0) is 20.9 Å². The number of carbonyl (C=O) groups excluding carboxylic acids is 3. The summed E-state index contributed by atoms with van der Waals surface area (Å²) in [6.45, 7) is 3.85. The van der Waals surface area contributed by atoms with Crippen molar-refractivity contribution in [3.8, 4) is 5.75 Å². The van der Waals surface area contributed by atoms with Gasteiger partial charge < -0.3 is 24.6 Å². The van der Waals surface area contributed by atoms with Crippen molar-refractivity contribution in [2.75, 3.05) is 13.2 Å². The lowest BCUT2D eigenvalue weighted by Crippen LogP contribution is -2.51. The van der Waals surface area contributed by atoms with E-state index in [4.69, 9.17) is 19.7 Å². The summed E-state index contributed by atoms with van der Waals surface area (Å²) in [4.78, 5) is 37.7. The van der Waals surface area contributed by atoms with Gasteiger partial charge in [0.05, 0.1) is 16.8 Å². The fourth-order valence-corrected chi connectivity index (χ4v) is 3.40. The highest BCUT2D eigenvalue weighted by atomic mass is 16.5. The minimum atomic E-state index is -0.654. The van der Waals surface area contributed by atoms with Gasteiger partial charge in [0.15, 0.2) is 6.61 Å². The number of aryl methyl sites for hydroxylation is 2. The molecule has 1 aliphatic heterocycles. The molecule has 9 nitrogen and oxygen atoms in total. The maximum atomic E-state index is 12.4. The summed E-state index contributed by atoms with van der Waals surface area (Å²) in [5.41, 5.74) is 7.22. The molecule has 1 aromatic heterocycles. The average molecular weight is 415 g/mol. The Labute approximate surface area is 174 Å². The molecule has 2 heterocycles. The van der Waals surface area contributed by atoms with Crippen LogP contribution in [-0.4, -0.2) is 47.0 Å². The molecule has 2 N–H and O–H groups in total. The van der Waals surface area contributed by atoms with E-state index in [-0.39, 0.29) is 12.2 Å². The van der Waals surface area contributed by atoms with Gasteiger partial charge in [-0.25, -0.2) is 4.79 Å². The molecule has 0 radical (unpaired) electrons. The number of primary amides is 1. The largest absolute Gasteiger partial charge is 0.489 e. The van der Waals surface area contributed by atoms with Gasteiger partial charge in [-0.3, -0.25) is 9.59 Å². The fraction of sp³-hybridized carbons (Fsp3) is 0.429. The summed E-state index contributed by atoms with van der Waals surface area (Å²) in [6.07, 6.45) is 2.14. The molecule has 0 aliphatic carbocycles. The van der Waals surface area contributed by atoms with E-state index < -0.39 is 30.4 Å². The van der Waals surface area contributed by atoms with Crippen LogP contribution in [0, 0.1) is 13.8 Å². The Morgan fingerprint density at radius 2 is 2.07 bits per heavy atom. The molecule has 3 rings (SSSR count). The summed E-state index contributed by atoms with van der Waals surface area (Å²) in [5, 5.41) is 3.88. The van der Waals surface area contributed by atoms with E-state index in [9.17, 15) is 14.4 Å². The molecule has 2 amide bonds. The van der Waals surface area contributed by atoms with Crippen LogP contribution in [0.2, 0.25) is 0 Å². The fourth-order valence-electron chi connectivity index (χ4n) is 3.40. The van der Waals surface area contributed by atoms with E-state index in [1.807, 2.05) is 6.92 Å². The zero-order valence-electron chi connectivity index (χ0n) is 17.1. The number of nitrogens with zero attached hydrogens (tertiary/aromatic N) is 2. The normalized spacial score (nSPS) is 16.2. The molecule has 160 valence electrons. The van der Waals surface area contributed by atoms with Crippen LogP contribution in [0.5, 0.6) is 5.75 Å². The monoisotopic (exact) mass is 415 g/mol. The molecule has 2 aromatic rings. The Morgan fingerprint density at radius 1 is 1.27 bits per heavy atom. The Bertz CT molecular complexity index is 919. The number of carbonyl (C=O) groups is 3. The van der Waals surface area contributed by atoms with Crippen LogP contribution in [0.3, 0.4) is 0 Å². The summed E-state index contributed by atoms with van der Waals surface area (Å²) < 4.78 is 16.0. The first-order chi connectivity index (χ1) is 14.4. The molecule has 1 saturated heterocycles.